The fraction of sp³-hybridized carbons (Fsp3) is 0.292. The van der Waals surface area contributed by atoms with Crippen molar-refractivity contribution in [3.8, 4) is 18.2 Å². The number of thiocarbonyl (C=S) groups is 2. The molecule has 6 aromatic rings. The molecule has 1 N–H and O–H groups in total. The molecule has 5 heterocycles. The third kappa shape index (κ3) is 9.42. The lowest BCUT2D eigenvalue weighted by atomic mass is 9.75. The standard InChI is InChI=1S/C24H17F4N5O2S.C15H15FN4O.C9H6N2S/c1-2-14-8-19(34)31-12-16(10-18(25)20(31)30-14)33-22(36)32(21(35)23(33)6-3-7-23)15-5-4-13(11-29)17(9-15)24(26,27)28;1-2-10-7-13(21)20-8-11(6-12(16)14(20)18-10)19-15(9-17)4-3-5-15;1-7-4-9(11-6-12)3-2-8(7)5-10/h4-5,8-10,12H,2-3,6-7H2,1H3;6-8,19H,2-5H2,1H3;2-4H,1H3. The van der Waals surface area contributed by atoms with E-state index in [2.05, 4.69) is 49.8 Å². The monoisotopic (exact) mass is 975 g/mol. The largest absolute Gasteiger partial charge is 0.417 e. The minimum Gasteiger partial charge on any atom is -0.366 e. The lowest BCUT2D eigenvalue weighted by Gasteiger charge is -2.42. The average Bonchev–Trinajstić information content (AvgIpc) is 3.54. The first kappa shape index (κ1) is 49.2. The summed E-state index contributed by atoms with van der Waals surface area (Å²) in [4.78, 5) is 52.8. The Morgan fingerprint density at radius 3 is 1.86 bits per heavy atom. The number of alkyl halides is 3. The molecule has 2 aromatic carbocycles. The van der Waals surface area contributed by atoms with E-state index in [1.54, 1.807) is 25.1 Å². The van der Waals surface area contributed by atoms with Gasteiger partial charge in [0, 0.05) is 48.0 Å². The van der Waals surface area contributed by atoms with E-state index < -0.39 is 51.5 Å². The Morgan fingerprint density at radius 2 is 1.36 bits per heavy atom. The van der Waals surface area contributed by atoms with Crippen molar-refractivity contribution in [3.63, 3.8) is 0 Å². The Morgan fingerprint density at radius 1 is 0.783 bits per heavy atom. The van der Waals surface area contributed by atoms with E-state index in [1.165, 1.54) is 52.0 Å². The lowest BCUT2D eigenvalue weighted by Crippen LogP contribution is -2.55. The normalized spacial score (nSPS) is 15.3. The first-order valence-corrected chi connectivity index (χ1v) is 22.2. The number of nitrogens with zero attached hydrogens (tertiary/aromatic N) is 10. The van der Waals surface area contributed by atoms with Crippen LogP contribution in [-0.4, -0.2) is 46.0 Å². The van der Waals surface area contributed by atoms with Gasteiger partial charge in [-0.15, -0.1) is 0 Å². The maximum atomic E-state index is 15.1. The van der Waals surface area contributed by atoms with Crippen LogP contribution in [0.15, 0.2) is 87.6 Å². The summed E-state index contributed by atoms with van der Waals surface area (Å²) >= 11 is 10.0. The van der Waals surface area contributed by atoms with Gasteiger partial charge in [0.05, 0.1) is 62.8 Å². The van der Waals surface area contributed by atoms with Crippen LogP contribution in [0.3, 0.4) is 0 Å². The number of aryl methyl sites for hydroxylation is 3. The summed E-state index contributed by atoms with van der Waals surface area (Å²) in [5.74, 6) is -1.93. The molecule has 69 heavy (non-hydrogen) atoms. The topological polar surface area (TPSA) is 188 Å². The molecule has 0 bridgehead atoms. The maximum Gasteiger partial charge on any atom is 0.417 e. The number of carbonyl (C=O) groups is 1. The molecule has 1 amide bonds. The number of hydrogen-bond acceptors (Lipinski definition) is 12. The molecule has 21 heteroatoms. The number of amides is 1. The van der Waals surface area contributed by atoms with E-state index >= 15 is 4.39 Å². The molecule has 14 nitrogen and oxygen atoms in total. The van der Waals surface area contributed by atoms with Gasteiger partial charge in [-0.25, -0.2) is 18.7 Å². The second kappa shape index (κ2) is 19.5. The summed E-state index contributed by atoms with van der Waals surface area (Å²) in [5.41, 5.74) is -0.970. The predicted octanol–water partition coefficient (Wildman–Crippen LogP) is 9.20. The van der Waals surface area contributed by atoms with E-state index in [0.717, 1.165) is 51.9 Å². The van der Waals surface area contributed by atoms with Crippen LogP contribution in [0.4, 0.5) is 44.7 Å². The number of hydrogen-bond donors (Lipinski definition) is 1. The van der Waals surface area contributed by atoms with Crippen molar-refractivity contribution in [2.45, 2.75) is 89.4 Å². The van der Waals surface area contributed by atoms with Gasteiger partial charge in [0.2, 0.25) is 0 Å². The van der Waals surface area contributed by atoms with Crippen LogP contribution in [0, 0.1) is 52.6 Å². The smallest absolute Gasteiger partial charge is 0.366 e. The zero-order valence-corrected chi connectivity index (χ0v) is 38.6. The molecular weight excluding hydrogens is 938 g/mol. The van der Waals surface area contributed by atoms with E-state index in [9.17, 15) is 37.2 Å². The quantitative estimate of drug-likeness (QED) is 0.0909. The Labute approximate surface area is 401 Å². The van der Waals surface area contributed by atoms with Crippen LogP contribution in [0.1, 0.15) is 86.0 Å². The number of carbonyl (C=O) groups excluding carboxylic acids is 1. The zero-order chi connectivity index (χ0) is 50.0. The summed E-state index contributed by atoms with van der Waals surface area (Å²) in [6, 6.07) is 19.1. The average molecular weight is 976 g/mol. The van der Waals surface area contributed by atoms with E-state index in [1.807, 2.05) is 13.8 Å². The highest BCUT2D eigenvalue weighted by molar-refractivity contribution is 7.81. The second-order valence-corrected chi connectivity index (χ2v) is 16.9. The van der Waals surface area contributed by atoms with Crippen LogP contribution in [-0.2, 0) is 23.8 Å². The van der Waals surface area contributed by atoms with Crippen molar-refractivity contribution in [2.75, 3.05) is 15.1 Å². The predicted molar refractivity (Wildman–Crippen MR) is 253 cm³/mol. The number of nitriles is 3. The molecule has 9 rings (SSSR count). The number of aliphatic imine (C=N–C) groups is 1. The van der Waals surface area contributed by atoms with Crippen LogP contribution in [0.25, 0.3) is 11.3 Å². The number of pyridine rings is 2. The van der Waals surface area contributed by atoms with Gasteiger partial charge in [-0.1, -0.05) is 13.8 Å². The van der Waals surface area contributed by atoms with Crippen LogP contribution in [0.2, 0.25) is 0 Å². The summed E-state index contributed by atoms with van der Waals surface area (Å²) in [5, 5.41) is 32.1. The fourth-order valence-corrected chi connectivity index (χ4v) is 8.71. The number of halogens is 5. The molecule has 1 saturated heterocycles. The summed E-state index contributed by atoms with van der Waals surface area (Å²) in [6.45, 7) is 5.50. The second-order valence-electron chi connectivity index (χ2n) is 16.4. The van der Waals surface area contributed by atoms with Crippen LogP contribution in [0.5, 0.6) is 0 Å². The Kier molecular flexibility index (Phi) is 13.9. The fourth-order valence-electron chi connectivity index (χ4n) is 8.14. The highest BCUT2D eigenvalue weighted by Crippen LogP contribution is 2.48. The SMILES string of the molecule is CCc1cc(=O)n2cc(N3C(=S)N(c4ccc(C#N)c(C(F)(F)F)c4)C(=O)C34CCC4)cc(F)c2n1.CCc1cc(=O)n2cc(NC3(C#N)CCC3)cc(F)c2n1.Cc1cc(N=C=S)ccc1C#N. The number of benzene rings is 2. The number of nitrogens with one attached hydrogen (secondary N) is 1. The third-order valence-electron chi connectivity index (χ3n) is 12.1. The Balaban J connectivity index is 0.000000178. The van der Waals surface area contributed by atoms with Gasteiger partial charge in [-0.3, -0.25) is 28.1 Å². The number of fused-ring (bicyclic) bond motifs is 2. The van der Waals surface area contributed by atoms with Crippen LogP contribution >= 0.6 is 24.4 Å². The molecule has 2 saturated carbocycles. The van der Waals surface area contributed by atoms with Crippen molar-refractivity contribution < 1.29 is 26.7 Å². The first-order valence-electron chi connectivity index (χ1n) is 21.4. The molecule has 2 aliphatic carbocycles. The molecule has 0 radical (unpaired) electrons. The van der Waals surface area contributed by atoms with E-state index in [4.69, 9.17) is 22.7 Å². The molecule has 0 atom stereocenters. The summed E-state index contributed by atoms with van der Waals surface area (Å²) < 4.78 is 72.3. The van der Waals surface area contributed by atoms with Gasteiger partial charge in [0.15, 0.2) is 28.0 Å². The van der Waals surface area contributed by atoms with Gasteiger partial charge in [0.25, 0.3) is 17.0 Å². The molecule has 3 aliphatic rings. The molecule has 1 spiro atoms. The minimum absolute atomic E-state index is 0.0181. The number of isothiocyanates is 1. The van der Waals surface area contributed by atoms with Crippen LogP contribution < -0.4 is 26.2 Å². The molecule has 0 unspecified atom stereocenters. The van der Waals surface area contributed by atoms with Crippen molar-refractivity contribution in [2.24, 2.45) is 4.99 Å². The Bertz CT molecular complexity index is 3390. The van der Waals surface area contributed by atoms with E-state index in [0.29, 0.717) is 60.8 Å². The maximum absolute atomic E-state index is 15.1. The number of rotatable bonds is 7. The van der Waals surface area contributed by atoms with Gasteiger partial charge in [0.1, 0.15) is 11.1 Å². The summed E-state index contributed by atoms with van der Waals surface area (Å²) in [7, 11) is 0. The minimum atomic E-state index is -4.83. The van der Waals surface area contributed by atoms with Crippen molar-refractivity contribution in [1.82, 2.24) is 18.8 Å². The highest BCUT2D eigenvalue weighted by atomic mass is 32.1. The molecule has 350 valence electrons. The summed E-state index contributed by atoms with van der Waals surface area (Å²) in [6.07, 6.45) is 2.76. The molecule has 3 fully saturated rings. The molecule has 1 aliphatic heterocycles. The van der Waals surface area contributed by atoms with Gasteiger partial charge in [-0.2, -0.15) is 33.9 Å². The van der Waals surface area contributed by atoms with E-state index in [-0.39, 0.29) is 33.3 Å². The van der Waals surface area contributed by atoms with Crippen molar-refractivity contribution >= 4 is 74.7 Å². The number of anilines is 3. The van der Waals surface area contributed by atoms with Crippen molar-refractivity contribution in [1.29, 1.82) is 15.8 Å². The highest BCUT2D eigenvalue weighted by Gasteiger charge is 2.60. The number of aromatic nitrogens is 4. The van der Waals surface area contributed by atoms with Crippen molar-refractivity contribution in [3.05, 3.63) is 139 Å². The first-order chi connectivity index (χ1) is 32.9. The molecular formula is C48H38F5N11O3S2. The van der Waals surface area contributed by atoms with Gasteiger partial charge < -0.3 is 10.2 Å². The van der Waals surface area contributed by atoms with Gasteiger partial charge in [-0.05, 0) is 125 Å². The zero-order valence-electron chi connectivity index (χ0n) is 37.0. The molecule has 4 aromatic heterocycles. The third-order valence-corrected chi connectivity index (χ3v) is 12.6. The Hall–Kier alpha value is -7.76. The lowest BCUT2D eigenvalue weighted by molar-refractivity contribution is -0.137. The van der Waals surface area contributed by atoms with Gasteiger partial charge >= 0.3 is 6.18 Å².